The molecule has 0 aliphatic heterocycles. The first-order valence-corrected chi connectivity index (χ1v) is 13.6. The van der Waals surface area contributed by atoms with Gasteiger partial charge in [0.2, 0.25) is 0 Å². The number of ether oxygens (including phenoxy) is 3. The first-order chi connectivity index (χ1) is 19.5. The molecule has 2 N–H and O–H groups in total. The third-order valence-electron chi connectivity index (χ3n) is 6.13. The predicted octanol–water partition coefficient (Wildman–Crippen LogP) is 7.20. The molecule has 1 amide bonds. The Morgan fingerprint density at radius 2 is 1.76 bits per heavy atom. The lowest BCUT2D eigenvalue weighted by atomic mass is 9.99. The average molecular weight is 557 g/mol. The van der Waals surface area contributed by atoms with Crippen molar-refractivity contribution in [3.8, 4) is 16.9 Å². The van der Waals surface area contributed by atoms with E-state index >= 15 is 0 Å². The highest BCUT2D eigenvalue weighted by Gasteiger charge is 2.17. The van der Waals surface area contributed by atoms with E-state index in [0.717, 1.165) is 33.2 Å². The van der Waals surface area contributed by atoms with Crippen LogP contribution in [0.5, 0.6) is 5.75 Å². The van der Waals surface area contributed by atoms with Gasteiger partial charge in [-0.25, -0.2) is 4.79 Å². The zero-order valence-electron chi connectivity index (χ0n) is 24.1. The third-order valence-corrected chi connectivity index (χ3v) is 6.13. The first kappa shape index (κ1) is 29.4. The van der Waals surface area contributed by atoms with Crippen LogP contribution in [0.25, 0.3) is 22.1 Å². The van der Waals surface area contributed by atoms with E-state index in [9.17, 15) is 9.59 Å². The minimum Gasteiger partial charge on any atom is -0.489 e. The van der Waals surface area contributed by atoms with E-state index in [0.29, 0.717) is 36.0 Å². The van der Waals surface area contributed by atoms with Crippen LogP contribution < -0.4 is 10.1 Å². The number of carbonyl (C=O) groups excluding carboxylic acids is 2. The Kier molecular flexibility index (Phi) is 9.12. The quantitative estimate of drug-likeness (QED) is 0.158. The first-order valence-electron chi connectivity index (χ1n) is 13.6. The van der Waals surface area contributed by atoms with E-state index in [1.807, 2.05) is 87.5 Å². The van der Waals surface area contributed by atoms with Gasteiger partial charge in [0.05, 0.1) is 18.7 Å². The number of carbonyl (C=O) groups is 2. The Hall–Kier alpha value is -4.59. The molecular formula is C33H36N2O6. The maximum atomic E-state index is 12.2. The van der Waals surface area contributed by atoms with Gasteiger partial charge >= 0.3 is 12.1 Å². The lowest BCUT2D eigenvalue weighted by Gasteiger charge is -2.19. The average Bonchev–Trinajstić information content (AvgIpc) is 3.35. The highest BCUT2D eigenvalue weighted by molar-refractivity contribution is 6.01. The summed E-state index contributed by atoms with van der Waals surface area (Å²) in [6, 6.07) is 21.1. The molecular weight excluding hydrogens is 520 g/mol. The Balaban J connectivity index is 1.62. The monoisotopic (exact) mass is 556 g/mol. The summed E-state index contributed by atoms with van der Waals surface area (Å²) in [5.41, 5.74) is 4.69. The third kappa shape index (κ3) is 7.97. The summed E-state index contributed by atoms with van der Waals surface area (Å²) in [6.07, 6.45) is -0.355. The van der Waals surface area contributed by atoms with Gasteiger partial charge in [-0.05, 0) is 81.6 Å². The summed E-state index contributed by atoms with van der Waals surface area (Å²) in [5.74, 6) is 0.795. The highest BCUT2D eigenvalue weighted by atomic mass is 16.6. The second-order valence-corrected chi connectivity index (χ2v) is 10.7. The molecule has 0 saturated carbocycles. The second kappa shape index (κ2) is 12.7. The number of fused-ring (bicyclic) bond motifs is 1. The molecule has 0 radical (unpaired) electrons. The van der Waals surface area contributed by atoms with Crippen molar-refractivity contribution in [1.82, 2.24) is 5.32 Å². The molecule has 0 unspecified atom stereocenters. The molecule has 0 bridgehead atoms. The van der Waals surface area contributed by atoms with Gasteiger partial charge in [0.1, 0.15) is 29.3 Å². The van der Waals surface area contributed by atoms with Gasteiger partial charge in [0.25, 0.3) is 0 Å². The van der Waals surface area contributed by atoms with E-state index in [1.54, 1.807) is 13.8 Å². The largest absolute Gasteiger partial charge is 0.489 e. The molecule has 0 saturated heterocycles. The van der Waals surface area contributed by atoms with Crippen LogP contribution in [0.1, 0.15) is 57.1 Å². The summed E-state index contributed by atoms with van der Waals surface area (Å²) in [6.45, 7) is 9.81. The second-order valence-electron chi connectivity index (χ2n) is 10.7. The lowest BCUT2D eigenvalue weighted by molar-refractivity contribution is -0.142. The molecule has 0 fully saturated rings. The Bertz CT molecular complexity index is 1560. The highest BCUT2D eigenvalue weighted by Crippen LogP contribution is 2.34. The maximum Gasteiger partial charge on any atom is 0.407 e. The van der Waals surface area contributed by atoms with Crippen LogP contribution in [0.3, 0.4) is 0 Å². The van der Waals surface area contributed by atoms with Crippen LogP contribution in [-0.4, -0.2) is 30.0 Å². The number of amides is 1. The van der Waals surface area contributed by atoms with Crippen LogP contribution in [0.2, 0.25) is 0 Å². The molecule has 0 spiro atoms. The van der Waals surface area contributed by atoms with Gasteiger partial charge in [-0.2, -0.15) is 0 Å². The van der Waals surface area contributed by atoms with E-state index < -0.39 is 11.7 Å². The van der Waals surface area contributed by atoms with Gasteiger partial charge in [-0.3, -0.25) is 4.79 Å². The predicted molar refractivity (Wildman–Crippen MR) is 158 cm³/mol. The number of nitrogens with one attached hydrogen (secondary N) is 2. The molecule has 3 aromatic carbocycles. The summed E-state index contributed by atoms with van der Waals surface area (Å²) in [5, 5.41) is 11.7. The fourth-order valence-corrected chi connectivity index (χ4v) is 4.35. The molecule has 0 aliphatic rings. The topological polar surface area (TPSA) is 111 Å². The van der Waals surface area contributed by atoms with Gasteiger partial charge < -0.3 is 29.4 Å². The van der Waals surface area contributed by atoms with Crippen molar-refractivity contribution in [1.29, 1.82) is 5.41 Å². The lowest BCUT2D eigenvalue weighted by Crippen LogP contribution is -2.32. The van der Waals surface area contributed by atoms with E-state index in [2.05, 4.69) is 5.32 Å². The number of esters is 1. The Morgan fingerprint density at radius 1 is 0.976 bits per heavy atom. The SMILES string of the molecule is CCOC(=O)Cc1ccccc1OCc1cc(-c2cccc(CNC(=O)OC(C)(C)C)c2)c2oc(C(C)=N)cc2c1. The van der Waals surface area contributed by atoms with Gasteiger partial charge in [-0.1, -0.05) is 36.4 Å². The van der Waals surface area contributed by atoms with Crippen molar-refractivity contribution < 1.29 is 28.2 Å². The summed E-state index contributed by atoms with van der Waals surface area (Å²) in [7, 11) is 0. The molecule has 4 rings (SSSR count). The van der Waals surface area contributed by atoms with Crippen LogP contribution in [0.4, 0.5) is 4.79 Å². The van der Waals surface area contributed by atoms with Crippen molar-refractivity contribution in [3.63, 3.8) is 0 Å². The van der Waals surface area contributed by atoms with E-state index in [-0.39, 0.29) is 19.0 Å². The van der Waals surface area contributed by atoms with Crippen molar-refractivity contribution in [2.75, 3.05) is 6.61 Å². The fraction of sp³-hybridized carbons (Fsp3) is 0.303. The molecule has 8 heteroatoms. The number of hydrogen-bond donors (Lipinski definition) is 2. The van der Waals surface area contributed by atoms with Crippen molar-refractivity contribution in [2.24, 2.45) is 0 Å². The summed E-state index contributed by atoms with van der Waals surface area (Å²) < 4.78 is 22.7. The summed E-state index contributed by atoms with van der Waals surface area (Å²) in [4.78, 5) is 24.3. The number of para-hydroxylation sites is 1. The van der Waals surface area contributed by atoms with Crippen molar-refractivity contribution in [2.45, 2.75) is 59.8 Å². The van der Waals surface area contributed by atoms with Gasteiger partial charge in [0, 0.05) is 23.1 Å². The minimum absolute atomic E-state index is 0.127. The number of furan rings is 1. The van der Waals surface area contributed by atoms with Crippen LogP contribution in [0, 0.1) is 5.41 Å². The molecule has 8 nitrogen and oxygen atoms in total. The molecule has 214 valence electrons. The number of alkyl carbamates (subject to hydrolysis) is 1. The smallest absolute Gasteiger partial charge is 0.407 e. The molecule has 0 aliphatic carbocycles. The van der Waals surface area contributed by atoms with Crippen LogP contribution in [-0.2, 0) is 33.8 Å². The molecule has 1 aromatic heterocycles. The van der Waals surface area contributed by atoms with E-state index in [4.69, 9.17) is 24.0 Å². The van der Waals surface area contributed by atoms with Gasteiger partial charge in [-0.15, -0.1) is 0 Å². The number of benzene rings is 3. The zero-order chi connectivity index (χ0) is 29.6. The molecule has 1 heterocycles. The van der Waals surface area contributed by atoms with Crippen molar-refractivity contribution in [3.05, 3.63) is 89.2 Å². The summed E-state index contributed by atoms with van der Waals surface area (Å²) >= 11 is 0. The minimum atomic E-state index is -0.580. The fourth-order valence-electron chi connectivity index (χ4n) is 4.35. The Morgan fingerprint density at radius 3 is 2.49 bits per heavy atom. The standard InChI is InChI=1S/C33H36N2O6/c1-6-38-30(36)18-25-11-7-8-13-28(25)39-20-23-15-26-17-29(21(2)34)40-31(26)27(16-23)24-12-9-10-22(14-24)19-35-32(37)41-33(3,4)5/h7-17,34H,6,18-20H2,1-5H3,(H,35,37). The molecule has 4 aromatic rings. The van der Waals surface area contributed by atoms with E-state index in [1.165, 1.54) is 0 Å². The number of rotatable bonds is 10. The molecule has 41 heavy (non-hydrogen) atoms. The maximum absolute atomic E-state index is 12.2. The molecule has 0 atom stereocenters. The number of hydrogen-bond acceptors (Lipinski definition) is 7. The van der Waals surface area contributed by atoms with Crippen molar-refractivity contribution >= 4 is 28.7 Å². The van der Waals surface area contributed by atoms with Gasteiger partial charge in [0.15, 0.2) is 0 Å². The normalized spacial score (nSPS) is 11.2. The van der Waals surface area contributed by atoms with Crippen LogP contribution in [0.15, 0.2) is 71.1 Å². The zero-order valence-corrected chi connectivity index (χ0v) is 24.1. The van der Waals surface area contributed by atoms with Crippen LogP contribution >= 0.6 is 0 Å². The Labute approximate surface area is 240 Å².